The van der Waals surface area contributed by atoms with Gasteiger partial charge in [0.15, 0.2) is 5.41 Å². The molecule has 0 spiro atoms. The monoisotopic (exact) mass is 280 g/mol. The van der Waals surface area contributed by atoms with Crippen LogP contribution in [0.4, 0.5) is 0 Å². The maximum Gasteiger partial charge on any atom is 0.321 e. The van der Waals surface area contributed by atoms with Crippen LogP contribution in [0.2, 0.25) is 0 Å². The molecule has 20 heavy (non-hydrogen) atoms. The summed E-state index contributed by atoms with van der Waals surface area (Å²) in [5.41, 5.74) is -1.68. The van der Waals surface area contributed by atoms with Gasteiger partial charge >= 0.3 is 11.9 Å². The Morgan fingerprint density at radius 1 is 0.700 bits per heavy atom. The summed E-state index contributed by atoms with van der Waals surface area (Å²) in [6.45, 7) is 0. The quantitative estimate of drug-likeness (QED) is 0.760. The molecule has 0 radical (unpaired) electrons. The van der Waals surface area contributed by atoms with Gasteiger partial charge in [0.05, 0.1) is 0 Å². The summed E-state index contributed by atoms with van der Waals surface area (Å²) in [5.74, 6) is -2.24. The molecule has 4 saturated carbocycles. The van der Waals surface area contributed by atoms with E-state index in [1.165, 1.54) is 38.5 Å². The van der Waals surface area contributed by atoms with Gasteiger partial charge in [0, 0.05) is 5.41 Å². The Kier molecular flexibility index (Phi) is 3.11. The third-order valence-corrected chi connectivity index (χ3v) is 6.30. The van der Waals surface area contributed by atoms with Crippen molar-refractivity contribution >= 4 is 11.9 Å². The first-order chi connectivity index (χ1) is 9.51. The number of hydrogen-bond acceptors (Lipinski definition) is 2. The zero-order valence-corrected chi connectivity index (χ0v) is 12.0. The van der Waals surface area contributed by atoms with E-state index in [-0.39, 0.29) is 10.8 Å². The fraction of sp³-hybridized carbons (Fsp3) is 0.875. The van der Waals surface area contributed by atoms with Crippen LogP contribution in [0, 0.1) is 16.2 Å². The average Bonchev–Trinajstić information content (AvgIpc) is 3.26. The number of rotatable bonds is 2. The standard InChI is InChI=1S/C10H12O4.C6H12/c11-6(12)10(7(13)14)3-1-2-8-4-9(8,10)5-8;1-2-4-6-5-3-1/h1-5H2,(H,11,12)(H,13,14);1-6H2. The van der Waals surface area contributed by atoms with E-state index in [0.717, 1.165) is 25.7 Å². The lowest BCUT2D eigenvalue weighted by Crippen LogP contribution is -2.45. The molecular weight excluding hydrogens is 256 g/mol. The molecule has 2 N–H and O–H groups in total. The Morgan fingerprint density at radius 2 is 1.15 bits per heavy atom. The fourth-order valence-electron chi connectivity index (χ4n) is 4.89. The predicted molar refractivity (Wildman–Crippen MR) is 73.4 cm³/mol. The Labute approximate surface area is 119 Å². The summed E-state index contributed by atoms with van der Waals surface area (Å²) >= 11 is 0. The average molecular weight is 280 g/mol. The van der Waals surface area contributed by atoms with Gasteiger partial charge in [-0.3, -0.25) is 9.59 Å². The van der Waals surface area contributed by atoms with E-state index in [1.54, 1.807) is 0 Å². The second-order valence-electron chi connectivity index (χ2n) is 7.21. The molecule has 0 amide bonds. The van der Waals surface area contributed by atoms with Gasteiger partial charge in [0.25, 0.3) is 0 Å². The summed E-state index contributed by atoms with van der Waals surface area (Å²) in [5, 5.41) is 18.3. The lowest BCUT2D eigenvalue weighted by Gasteiger charge is -2.29. The van der Waals surface area contributed by atoms with Gasteiger partial charge in [0.1, 0.15) is 0 Å². The van der Waals surface area contributed by atoms with Crippen LogP contribution in [0.15, 0.2) is 0 Å². The van der Waals surface area contributed by atoms with Crippen molar-refractivity contribution in [3.05, 3.63) is 0 Å². The number of carboxylic acid groups (broad SMARTS) is 2. The topological polar surface area (TPSA) is 74.6 Å². The molecule has 4 aliphatic rings. The summed E-state index contributed by atoms with van der Waals surface area (Å²) in [6, 6.07) is 0. The Morgan fingerprint density at radius 3 is 1.50 bits per heavy atom. The fourth-order valence-corrected chi connectivity index (χ4v) is 4.89. The van der Waals surface area contributed by atoms with Gasteiger partial charge in [-0.2, -0.15) is 0 Å². The smallest absolute Gasteiger partial charge is 0.321 e. The third-order valence-electron chi connectivity index (χ3n) is 6.30. The molecule has 0 bridgehead atoms. The molecule has 0 aromatic rings. The van der Waals surface area contributed by atoms with Gasteiger partial charge in [0.2, 0.25) is 0 Å². The minimum absolute atomic E-state index is 0.127. The first-order valence-electron chi connectivity index (χ1n) is 7.98. The highest BCUT2D eigenvalue weighted by Crippen LogP contribution is 2.95. The van der Waals surface area contributed by atoms with Crippen LogP contribution in [-0.4, -0.2) is 22.2 Å². The molecule has 112 valence electrons. The predicted octanol–water partition coefficient (Wildman–Crippen LogP) is 3.45. The van der Waals surface area contributed by atoms with E-state index in [2.05, 4.69) is 0 Å². The van der Waals surface area contributed by atoms with Crippen molar-refractivity contribution in [3.63, 3.8) is 0 Å². The van der Waals surface area contributed by atoms with Gasteiger partial charge in [-0.15, -0.1) is 0 Å². The zero-order chi connectivity index (χ0) is 14.4. The molecule has 4 aliphatic carbocycles. The van der Waals surface area contributed by atoms with Gasteiger partial charge in [-0.1, -0.05) is 44.9 Å². The maximum absolute atomic E-state index is 11.2. The minimum atomic E-state index is -1.45. The Hall–Kier alpha value is -1.06. The van der Waals surface area contributed by atoms with Crippen LogP contribution in [0.1, 0.15) is 70.6 Å². The van der Waals surface area contributed by atoms with Gasteiger partial charge < -0.3 is 10.2 Å². The summed E-state index contributed by atoms with van der Waals surface area (Å²) < 4.78 is 0. The second kappa shape index (κ2) is 4.47. The number of carboxylic acids is 2. The molecular formula is C16H24O4. The first kappa shape index (κ1) is 13.9. The summed E-state index contributed by atoms with van der Waals surface area (Å²) in [6.07, 6.45) is 12.8. The van der Waals surface area contributed by atoms with E-state index in [0.29, 0.717) is 6.42 Å². The van der Waals surface area contributed by atoms with E-state index in [4.69, 9.17) is 10.2 Å². The highest BCUT2D eigenvalue weighted by Gasteiger charge is 2.93. The van der Waals surface area contributed by atoms with Crippen LogP contribution >= 0.6 is 0 Å². The third kappa shape index (κ3) is 1.66. The van der Waals surface area contributed by atoms with Gasteiger partial charge in [-0.25, -0.2) is 0 Å². The van der Waals surface area contributed by atoms with Crippen molar-refractivity contribution in [1.82, 2.24) is 0 Å². The van der Waals surface area contributed by atoms with Crippen molar-refractivity contribution in [2.75, 3.05) is 0 Å². The molecule has 4 heteroatoms. The molecule has 4 rings (SSSR count). The molecule has 0 aromatic heterocycles. The molecule has 0 saturated heterocycles. The first-order valence-corrected chi connectivity index (χ1v) is 7.98. The molecule has 4 fully saturated rings. The number of hydrogen-bond donors (Lipinski definition) is 2. The van der Waals surface area contributed by atoms with Crippen molar-refractivity contribution in [3.8, 4) is 0 Å². The molecule has 4 nitrogen and oxygen atoms in total. The summed E-state index contributed by atoms with van der Waals surface area (Å²) in [7, 11) is 0. The Balaban J connectivity index is 0.000000170. The highest BCUT2D eigenvalue weighted by molar-refractivity contribution is 6.01. The lowest BCUT2D eigenvalue weighted by atomic mass is 9.71. The van der Waals surface area contributed by atoms with Crippen molar-refractivity contribution in [2.45, 2.75) is 70.6 Å². The van der Waals surface area contributed by atoms with Crippen LogP contribution in [0.3, 0.4) is 0 Å². The van der Waals surface area contributed by atoms with E-state index in [9.17, 15) is 9.59 Å². The van der Waals surface area contributed by atoms with Crippen LogP contribution in [-0.2, 0) is 9.59 Å². The number of aliphatic carboxylic acids is 2. The number of carbonyl (C=O) groups is 2. The molecule has 0 aromatic carbocycles. The zero-order valence-electron chi connectivity index (χ0n) is 12.0. The molecule has 0 unspecified atom stereocenters. The largest absolute Gasteiger partial charge is 0.480 e. The Bertz CT molecular complexity index is 404. The molecule has 0 aliphatic heterocycles. The molecule has 0 atom stereocenters. The van der Waals surface area contributed by atoms with E-state index in [1.807, 2.05) is 0 Å². The van der Waals surface area contributed by atoms with Crippen LogP contribution < -0.4 is 0 Å². The molecule has 0 heterocycles. The van der Waals surface area contributed by atoms with E-state index < -0.39 is 17.4 Å². The van der Waals surface area contributed by atoms with E-state index >= 15 is 0 Å². The SMILES string of the molecule is C1CCCCC1.O=C(O)C1(C(=O)O)CCCC23CC21C3. The van der Waals surface area contributed by atoms with Gasteiger partial charge in [-0.05, 0) is 31.1 Å². The maximum atomic E-state index is 11.2. The normalized spacial score (nSPS) is 39.4. The van der Waals surface area contributed by atoms with Crippen molar-refractivity contribution in [2.24, 2.45) is 16.2 Å². The summed E-state index contributed by atoms with van der Waals surface area (Å²) in [4.78, 5) is 22.4. The van der Waals surface area contributed by atoms with Crippen LogP contribution in [0.5, 0.6) is 0 Å². The minimum Gasteiger partial charge on any atom is -0.480 e. The highest BCUT2D eigenvalue weighted by atomic mass is 16.4. The van der Waals surface area contributed by atoms with Crippen molar-refractivity contribution < 1.29 is 19.8 Å². The van der Waals surface area contributed by atoms with Crippen LogP contribution in [0.25, 0.3) is 0 Å². The van der Waals surface area contributed by atoms with Crippen molar-refractivity contribution in [1.29, 1.82) is 0 Å². The lowest BCUT2D eigenvalue weighted by molar-refractivity contribution is -0.170. The second-order valence-corrected chi connectivity index (χ2v) is 7.21.